The van der Waals surface area contributed by atoms with Crippen LogP contribution < -0.4 is 59.7 Å². The highest BCUT2D eigenvalue weighted by atomic mass is 16.4. The van der Waals surface area contributed by atoms with E-state index in [9.17, 15) is 78.0 Å². The Morgan fingerprint density at radius 2 is 0.976 bits per heavy atom. The van der Waals surface area contributed by atoms with E-state index in [1.165, 1.54) is 0 Å². The lowest BCUT2D eigenvalue weighted by molar-refractivity contribution is -0.144. The molecule has 0 aromatic heterocycles. The van der Waals surface area contributed by atoms with Crippen LogP contribution in [0, 0.1) is 11.8 Å². The Labute approximate surface area is 490 Å². The van der Waals surface area contributed by atoms with Crippen molar-refractivity contribution in [3.05, 3.63) is 71.8 Å². The average Bonchev–Trinajstić information content (AvgIpc) is 3.83. The number of carboxylic acid groups (broad SMARTS) is 3. The maximum atomic E-state index is 14.5. The summed E-state index contributed by atoms with van der Waals surface area (Å²) in [5.41, 5.74) is 17.9. The van der Waals surface area contributed by atoms with Crippen molar-refractivity contribution >= 4 is 77.0 Å². The van der Waals surface area contributed by atoms with Crippen molar-refractivity contribution in [1.82, 2.24) is 47.4 Å². The molecule has 468 valence electrons. The molecule has 0 bridgehead atoms. The van der Waals surface area contributed by atoms with Crippen LogP contribution in [0.25, 0.3) is 0 Å². The van der Waals surface area contributed by atoms with Crippen LogP contribution in [-0.2, 0) is 70.4 Å². The van der Waals surface area contributed by atoms with Crippen LogP contribution in [0.2, 0.25) is 0 Å². The molecule has 0 unspecified atom stereocenters. The summed E-state index contributed by atoms with van der Waals surface area (Å²) in [5.74, 6) is -14.1. The van der Waals surface area contributed by atoms with Crippen molar-refractivity contribution in [2.24, 2.45) is 34.0 Å². The molecule has 1 fully saturated rings. The van der Waals surface area contributed by atoms with Crippen molar-refractivity contribution in [1.29, 1.82) is 0 Å². The molecule has 10 atom stereocenters. The first-order valence-corrected chi connectivity index (χ1v) is 27.7. The lowest BCUT2D eigenvalue weighted by Crippen LogP contribution is -2.62. The van der Waals surface area contributed by atoms with Gasteiger partial charge in [0.25, 0.3) is 0 Å². The van der Waals surface area contributed by atoms with Gasteiger partial charge in [-0.1, -0.05) is 88.4 Å². The van der Waals surface area contributed by atoms with Crippen molar-refractivity contribution in [2.45, 2.75) is 152 Å². The Morgan fingerprint density at radius 1 is 0.541 bits per heavy atom. The number of nitrogens with two attached hydrogens (primary N) is 3. The van der Waals surface area contributed by atoms with E-state index in [1.54, 1.807) is 88.4 Å². The van der Waals surface area contributed by atoms with Crippen LogP contribution in [0.3, 0.4) is 0 Å². The van der Waals surface area contributed by atoms with Gasteiger partial charge in [-0.15, -0.1) is 0 Å². The van der Waals surface area contributed by atoms with Gasteiger partial charge < -0.3 is 90.2 Å². The van der Waals surface area contributed by atoms with Crippen molar-refractivity contribution in [3.8, 4) is 0 Å². The number of aliphatic hydroxyl groups is 2. The number of nitrogens with one attached hydrogen (secondary N) is 8. The monoisotopic (exact) mass is 1200 g/mol. The molecular formula is C55H81N13O17. The first-order chi connectivity index (χ1) is 40.2. The lowest BCUT2D eigenvalue weighted by atomic mass is 9.99. The minimum atomic E-state index is -1.80. The third kappa shape index (κ3) is 23.8. The van der Waals surface area contributed by atoms with Gasteiger partial charge in [0.1, 0.15) is 54.4 Å². The maximum Gasteiger partial charge on any atom is 0.326 e. The summed E-state index contributed by atoms with van der Waals surface area (Å²) in [6.45, 7) is 4.10. The van der Waals surface area contributed by atoms with E-state index in [1.807, 2.05) is 0 Å². The smallest absolute Gasteiger partial charge is 0.326 e. The first kappa shape index (κ1) is 70.5. The predicted octanol–water partition coefficient (Wildman–Crippen LogP) is -4.17. The third-order valence-corrected chi connectivity index (χ3v) is 13.6. The molecule has 30 heteroatoms. The number of hydrogen-bond donors (Lipinski definition) is 16. The highest BCUT2D eigenvalue weighted by molar-refractivity contribution is 5.99. The van der Waals surface area contributed by atoms with E-state index < -0.39 is 176 Å². The fourth-order valence-electron chi connectivity index (χ4n) is 8.90. The van der Waals surface area contributed by atoms with E-state index in [4.69, 9.17) is 22.3 Å². The number of aliphatic hydroxyl groups excluding tert-OH is 2. The molecule has 3 rings (SSSR count). The summed E-state index contributed by atoms with van der Waals surface area (Å²) in [6.07, 6.45) is -2.06. The van der Waals surface area contributed by atoms with Gasteiger partial charge in [-0.05, 0) is 61.5 Å². The van der Waals surface area contributed by atoms with Gasteiger partial charge >= 0.3 is 17.9 Å². The normalized spacial score (nSPS) is 16.1. The van der Waals surface area contributed by atoms with Crippen LogP contribution in [0.1, 0.15) is 90.2 Å². The van der Waals surface area contributed by atoms with Gasteiger partial charge in [0.05, 0.1) is 19.3 Å². The molecule has 1 aliphatic rings. The molecule has 1 aliphatic heterocycles. The van der Waals surface area contributed by atoms with Crippen LogP contribution in [-0.4, -0.2) is 194 Å². The SMILES string of the molecule is CC(C)[C@H](NC(=O)[C@@H](NC(=O)[C@@H](N)CCC(=O)O)C(C)C)C(=O)N[C@@H](CO)C(=O)N[C@@H](CCC(=O)O)C(=O)N1CCC[C@H]1C(=O)N[C@@H](Cc1ccccc1)C(=O)N[C@@H](CCCN=C(N)N)C(=O)N[C@@H](CO)C(=O)N[C@@H](Cc1ccccc1)C(=O)O. The standard InChI is InChI=1S/C55H81N13O17/c1-29(2)43(67-52(82)44(30(3)4)66-45(75)33(56)19-21-41(71)72)51(81)65-39(28-70)48(78)61-35(20-22-42(73)74)53(83)68-24-12-18-40(68)50(80)62-36(25-31-13-7-5-8-14-31)47(77)60-34(17-11-23-59-55(57)58)46(76)64-38(27-69)49(79)63-37(54(84)85)26-32-15-9-6-10-16-32/h5-10,13-16,29-30,33-40,43-44,69-70H,11-12,17-28,56H2,1-4H3,(H,60,77)(H,61,78)(H,62,80)(H,63,79)(H,64,76)(H,65,81)(H,66,75)(H,67,82)(H,71,72)(H,73,74)(H,84,85)(H4,57,58,59)/t33-,34-,35-,36-,37-,38-,39-,40-,43-,44-/m0/s1. The predicted molar refractivity (Wildman–Crippen MR) is 304 cm³/mol. The van der Waals surface area contributed by atoms with Crippen LogP contribution in [0.5, 0.6) is 0 Å². The molecule has 85 heavy (non-hydrogen) atoms. The van der Waals surface area contributed by atoms with Crippen molar-refractivity contribution in [3.63, 3.8) is 0 Å². The third-order valence-electron chi connectivity index (χ3n) is 13.6. The number of amides is 9. The van der Waals surface area contributed by atoms with E-state index >= 15 is 0 Å². The van der Waals surface area contributed by atoms with Gasteiger partial charge in [-0.2, -0.15) is 0 Å². The summed E-state index contributed by atoms with van der Waals surface area (Å²) in [7, 11) is 0. The second-order valence-corrected chi connectivity index (χ2v) is 21.0. The number of aliphatic carboxylic acids is 3. The second kappa shape index (κ2) is 35.4. The topological polar surface area (TPSA) is 496 Å². The number of benzene rings is 2. The Hall–Kier alpha value is -8.77. The number of rotatable bonds is 36. The highest BCUT2D eigenvalue weighted by Gasteiger charge is 2.41. The van der Waals surface area contributed by atoms with E-state index in [2.05, 4.69) is 47.5 Å². The van der Waals surface area contributed by atoms with Gasteiger partial charge in [-0.3, -0.25) is 57.7 Å². The molecule has 1 heterocycles. The summed E-state index contributed by atoms with van der Waals surface area (Å²) in [4.78, 5) is 165. The number of carbonyl (C=O) groups is 12. The van der Waals surface area contributed by atoms with Gasteiger partial charge in [0.15, 0.2) is 5.96 Å². The maximum absolute atomic E-state index is 14.5. The number of nitrogens with zero attached hydrogens (tertiary/aromatic N) is 2. The Morgan fingerprint density at radius 3 is 1.47 bits per heavy atom. The molecule has 2 aromatic carbocycles. The minimum absolute atomic E-state index is 0.0157. The summed E-state index contributed by atoms with van der Waals surface area (Å²) >= 11 is 0. The van der Waals surface area contributed by atoms with Crippen molar-refractivity contribution < 1.29 is 83.1 Å². The zero-order chi connectivity index (χ0) is 63.5. The lowest BCUT2D eigenvalue weighted by Gasteiger charge is -2.31. The Kier molecular flexibility index (Phi) is 29.3. The highest BCUT2D eigenvalue weighted by Crippen LogP contribution is 2.21. The molecule has 1 saturated heterocycles. The molecule has 0 aliphatic carbocycles. The quantitative estimate of drug-likeness (QED) is 0.0175. The molecule has 19 N–H and O–H groups in total. The Bertz CT molecular complexity index is 2660. The number of carbonyl (C=O) groups excluding carboxylic acids is 9. The molecular weight excluding hydrogens is 1110 g/mol. The summed E-state index contributed by atoms with van der Waals surface area (Å²) < 4.78 is 0. The molecule has 0 saturated carbocycles. The zero-order valence-corrected chi connectivity index (χ0v) is 47.9. The number of guanidine groups is 1. The molecule has 9 amide bonds. The number of hydrogen-bond acceptors (Lipinski definition) is 16. The number of carboxylic acids is 3. The van der Waals surface area contributed by atoms with E-state index in [-0.39, 0.29) is 64.0 Å². The number of aliphatic imine (C=N–C) groups is 1. The fraction of sp³-hybridized carbons (Fsp3) is 0.545. The van der Waals surface area contributed by atoms with Gasteiger partial charge in [-0.25, -0.2) is 4.79 Å². The molecule has 0 spiro atoms. The molecule has 0 radical (unpaired) electrons. The van der Waals surface area contributed by atoms with E-state index in [0.29, 0.717) is 11.1 Å². The van der Waals surface area contributed by atoms with Gasteiger partial charge in [0, 0.05) is 38.8 Å². The number of likely N-dealkylation sites (tertiary alicyclic amines) is 1. The zero-order valence-electron chi connectivity index (χ0n) is 47.9. The fourth-order valence-corrected chi connectivity index (χ4v) is 8.90. The summed E-state index contributed by atoms with van der Waals surface area (Å²) in [5, 5.41) is 68.7. The summed E-state index contributed by atoms with van der Waals surface area (Å²) in [6, 6.07) is 1.81. The van der Waals surface area contributed by atoms with Crippen LogP contribution >= 0.6 is 0 Å². The molecule has 2 aromatic rings. The van der Waals surface area contributed by atoms with Crippen LogP contribution in [0.15, 0.2) is 65.7 Å². The van der Waals surface area contributed by atoms with Crippen LogP contribution in [0.4, 0.5) is 0 Å². The Balaban J connectivity index is 1.86. The van der Waals surface area contributed by atoms with Gasteiger partial charge in [0.2, 0.25) is 53.2 Å². The van der Waals surface area contributed by atoms with E-state index in [0.717, 1.165) is 4.90 Å². The minimum Gasteiger partial charge on any atom is -0.481 e. The first-order valence-electron chi connectivity index (χ1n) is 27.7. The average molecular weight is 1200 g/mol. The molecule has 30 nitrogen and oxygen atoms in total. The van der Waals surface area contributed by atoms with Crippen molar-refractivity contribution in [2.75, 3.05) is 26.3 Å². The second-order valence-electron chi connectivity index (χ2n) is 21.0. The largest absolute Gasteiger partial charge is 0.481 e.